The Hall–Kier alpha value is -1.49. The van der Waals surface area contributed by atoms with E-state index < -0.39 is 23.3 Å². The van der Waals surface area contributed by atoms with Crippen molar-refractivity contribution in [3.8, 4) is 0 Å². The van der Waals surface area contributed by atoms with Crippen molar-refractivity contribution in [2.75, 3.05) is 0 Å². The third-order valence-corrected chi connectivity index (χ3v) is 2.79. The lowest BCUT2D eigenvalue weighted by Gasteiger charge is -2.41. The van der Waals surface area contributed by atoms with Crippen molar-refractivity contribution in [1.82, 2.24) is 4.98 Å². The van der Waals surface area contributed by atoms with Crippen LogP contribution in [0, 0.1) is 5.82 Å². The van der Waals surface area contributed by atoms with E-state index >= 15 is 0 Å². The van der Waals surface area contributed by atoms with E-state index in [1.54, 1.807) is 0 Å². The number of rotatable bonds is 2. The third kappa shape index (κ3) is 1.39. The molecule has 4 nitrogen and oxygen atoms in total. The zero-order chi connectivity index (χ0) is 11.1. The smallest absolute Gasteiger partial charge is 0.316 e. The van der Waals surface area contributed by atoms with E-state index in [0.29, 0.717) is 0 Å². The second-order valence-corrected chi connectivity index (χ2v) is 3.78. The number of carbonyl (C=O) groups is 1. The Morgan fingerprint density at radius 2 is 2.27 bits per heavy atom. The molecule has 2 N–H and O–H groups in total. The number of aliphatic carboxylic acids is 1. The molecule has 1 saturated carbocycles. The van der Waals surface area contributed by atoms with Gasteiger partial charge in [0.25, 0.3) is 0 Å². The maximum atomic E-state index is 13.4. The zero-order valence-corrected chi connectivity index (χ0v) is 7.85. The Labute approximate surface area is 85.4 Å². The average Bonchev–Trinajstić information content (AvgIpc) is 2.13. The number of carboxylic acid groups (broad SMARTS) is 1. The van der Waals surface area contributed by atoms with Crippen molar-refractivity contribution >= 4 is 5.97 Å². The highest BCUT2D eigenvalue weighted by Crippen LogP contribution is 2.44. The van der Waals surface area contributed by atoms with Crippen LogP contribution in [-0.2, 0) is 10.2 Å². The topological polar surface area (TPSA) is 70.4 Å². The summed E-state index contributed by atoms with van der Waals surface area (Å²) >= 11 is 0. The summed E-state index contributed by atoms with van der Waals surface area (Å²) in [5, 5.41) is 18.2. The van der Waals surface area contributed by atoms with Gasteiger partial charge in [0.15, 0.2) is 0 Å². The summed E-state index contributed by atoms with van der Waals surface area (Å²) in [6, 6.07) is 2.58. The fourth-order valence-corrected chi connectivity index (χ4v) is 1.95. The molecule has 0 unspecified atom stereocenters. The van der Waals surface area contributed by atoms with Crippen molar-refractivity contribution < 1.29 is 19.4 Å². The standard InChI is InChI=1S/C10H10FNO3/c11-7-2-1-3-12-8(7)10(9(14)15)4-6(13)5-10/h1-3,6,13H,4-5H2,(H,14,15). The highest BCUT2D eigenvalue weighted by atomic mass is 19.1. The van der Waals surface area contributed by atoms with Gasteiger partial charge in [0.05, 0.1) is 11.8 Å². The number of halogens is 1. The fourth-order valence-electron chi connectivity index (χ4n) is 1.95. The second kappa shape index (κ2) is 3.27. The van der Waals surface area contributed by atoms with Gasteiger partial charge in [-0.25, -0.2) is 4.39 Å². The predicted octanol–water partition coefficient (Wildman–Crippen LogP) is 0.698. The minimum Gasteiger partial charge on any atom is -0.481 e. The number of aliphatic hydroxyl groups excluding tert-OH is 1. The number of carboxylic acids is 1. The van der Waals surface area contributed by atoms with E-state index in [9.17, 15) is 14.3 Å². The number of nitrogens with zero attached hydrogens (tertiary/aromatic N) is 1. The quantitative estimate of drug-likeness (QED) is 0.755. The second-order valence-electron chi connectivity index (χ2n) is 3.78. The third-order valence-electron chi connectivity index (χ3n) is 2.79. The Bertz CT molecular complexity index is 401. The lowest BCUT2D eigenvalue weighted by atomic mass is 9.64. The van der Waals surface area contributed by atoms with Crippen molar-refractivity contribution in [2.45, 2.75) is 24.4 Å². The average molecular weight is 211 g/mol. The van der Waals surface area contributed by atoms with Crippen LogP contribution in [0.15, 0.2) is 18.3 Å². The molecule has 1 aliphatic rings. The molecule has 0 radical (unpaired) electrons. The molecule has 0 amide bonds. The Morgan fingerprint density at radius 3 is 2.73 bits per heavy atom. The summed E-state index contributed by atoms with van der Waals surface area (Å²) in [6.45, 7) is 0. The molecule has 1 aromatic heterocycles. The fraction of sp³-hybridized carbons (Fsp3) is 0.400. The summed E-state index contributed by atoms with van der Waals surface area (Å²) in [4.78, 5) is 14.8. The number of aliphatic hydroxyl groups is 1. The van der Waals surface area contributed by atoms with Crippen LogP contribution in [0.25, 0.3) is 0 Å². The summed E-state index contributed by atoms with van der Waals surface area (Å²) in [5.74, 6) is -1.77. The molecule has 2 rings (SSSR count). The molecule has 0 saturated heterocycles. The number of hydrogen-bond donors (Lipinski definition) is 2. The minimum atomic E-state index is -1.34. The van der Waals surface area contributed by atoms with E-state index in [2.05, 4.69) is 4.98 Å². The van der Waals surface area contributed by atoms with Crippen LogP contribution in [0.5, 0.6) is 0 Å². The van der Waals surface area contributed by atoms with Crippen molar-refractivity contribution in [1.29, 1.82) is 0 Å². The van der Waals surface area contributed by atoms with Crippen LogP contribution in [0.2, 0.25) is 0 Å². The largest absolute Gasteiger partial charge is 0.481 e. The van der Waals surface area contributed by atoms with E-state index in [-0.39, 0.29) is 18.5 Å². The van der Waals surface area contributed by atoms with Crippen LogP contribution in [0.3, 0.4) is 0 Å². The van der Waals surface area contributed by atoms with Crippen LogP contribution in [-0.4, -0.2) is 27.3 Å². The lowest BCUT2D eigenvalue weighted by Crippen LogP contribution is -2.51. The van der Waals surface area contributed by atoms with Gasteiger partial charge in [0.1, 0.15) is 11.2 Å². The first-order valence-electron chi connectivity index (χ1n) is 4.59. The molecule has 0 aliphatic heterocycles. The highest BCUT2D eigenvalue weighted by molar-refractivity contribution is 5.82. The molecule has 1 aliphatic carbocycles. The van der Waals surface area contributed by atoms with Gasteiger partial charge >= 0.3 is 5.97 Å². The Morgan fingerprint density at radius 1 is 1.60 bits per heavy atom. The minimum absolute atomic E-state index is 0.0241. The van der Waals surface area contributed by atoms with Crippen LogP contribution in [0.4, 0.5) is 4.39 Å². The first kappa shape index (κ1) is 10.0. The molecule has 5 heteroatoms. The molecule has 1 heterocycles. The van der Waals surface area contributed by atoms with Crippen LogP contribution >= 0.6 is 0 Å². The monoisotopic (exact) mass is 211 g/mol. The van der Waals surface area contributed by atoms with E-state index in [1.165, 1.54) is 18.3 Å². The maximum Gasteiger partial charge on any atom is 0.316 e. The molecule has 0 atom stereocenters. The van der Waals surface area contributed by atoms with Gasteiger partial charge in [-0.1, -0.05) is 0 Å². The van der Waals surface area contributed by atoms with Crippen molar-refractivity contribution in [3.63, 3.8) is 0 Å². The maximum absolute atomic E-state index is 13.4. The van der Waals surface area contributed by atoms with Gasteiger partial charge in [-0.15, -0.1) is 0 Å². The first-order chi connectivity index (χ1) is 7.06. The zero-order valence-electron chi connectivity index (χ0n) is 7.85. The van der Waals surface area contributed by atoms with E-state index in [4.69, 9.17) is 5.11 Å². The number of hydrogen-bond acceptors (Lipinski definition) is 3. The molecule has 15 heavy (non-hydrogen) atoms. The van der Waals surface area contributed by atoms with Crippen molar-refractivity contribution in [2.24, 2.45) is 0 Å². The molecule has 1 fully saturated rings. The van der Waals surface area contributed by atoms with Gasteiger partial charge in [-0.3, -0.25) is 9.78 Å². The molecular formula is C10H10FNO3. The molecule has 0 aromatic carbocycles. The highest BCUT2D eigenvalue weighted by Gasteiger charge is 2.53. The predicted molar refractivity (Wildman–Crippen MR) is 48.7 cm³/mol. The lowest BCUT2D eigenvalue weighted by molar-refractivity contribution is -0.153. The van der Waals surface area contributed by atoms with Gasteiger partial charge in [0.2, 0.25) is 0 Å². The first-order valence-corrected chi connectivity index (χ1v) is 4.59. The summed E-state index contributed by atoms with van der Waals surface area (Å²) in [5.41, 5.74) is -1.42. The molecule has 0 spiro atoms. The van der Waals surface area contributed by atoms with Gasteiger partial charge in [-0.05, 0) is 25.0 Å². The number of aromatic nitrogens is 1. The SMILES string of the molecule is O=C(O)C1(c2ncccc2F)CC(O)C1. The van der Waals surface area contributed by atoms with Crippen molar-refractivity contribution in [3.05, 3.63) is 29.8 Å². The van der Waals surface area contributed by atoms with E-state index in [0.717, 1.165) is 0 Å². The number of pyridine rings is 1. The van der Waals surface area contributed by atoms with Gasteiger partial charge in [0, 0.05) is 6.20 Å². The normalized spacial score (nSPS) is 29.6. The summed E-state index contributed by atoms with van der Waals surface area (Å²) < 4.78 is 13.4. The van der Waals surface area contributed by atoms with Crippen LogP contribution < -0.4 is 0 Å². The molecule has 80 valence electrons. The Balaban J connectivity index is 2.43. The summed E-state index contributed by atoms with van der Waals surface area (Å²) in [6.07, 6.45) is 0.725. The molecule has 1 aromatic rings. The van der Waals surface area contributed by atoms with Gasteiger partial charge in [-0.2, -0.15) is 0 Å². The van der Waals surface area contributed by atoms with Crippen LogP contribution in [0.1, 0.15) is 18.5 Å². The van der Waals surface area contributed by atoms with Gasteiger partial charge < -0.3 is 10.2 Å². The Kier molecular flexibility index (Phi) is 2.19. The molecule has 0 bridgehead atoms. The molecular weight excluding hydrogens is 201 g/mol. The van der Waals surface area contributed by atoms with E-state index in [1.807, 2.05) is 0 Å². The summed E-state index contributed by atoms with van der Waals surface area (Å²) in [7, 11) is 0.